The summed E-state index contributed by atoms with van der Waals surface area (Å²) in [5.41, 5.74) is 6.27. The van der Waals surface area contributed by atoms with E-state index in [9.17, 15) is 57.8 Å². The second kappa shape index (κ2) is 34.3. The highest BCUT2D eigenvalue weighted by molar-refractivity contribution is 6.12. The summed E-state index contributed by atoms with van der Waals surface area (Å²) in [6, 6.07) is 8.55. The van der Waals surface area contributed by atoms with Crippen molar-refractivity contribution in [2.45, 2.75) is 168 Å². The van der Waals surface area contributed by atoms with E-state index >= 15 is 0 Å². The van der Waals surface area contributed by atoms with Crippen LogP contribution in [0.15, 0.2) is 66.7 Å². The molecule has 0 unspecified atom stereocenters. The monoisotopic (exact) mass is 1190 g/mol. The number of nitrogens with zero attached hydrogens (tertiary/aromatic N) is 3. The van der Waals surface area contributed by atoms with E-state index in [0.29, 0.717) is 45.1 Å². The number of carbonyl (C=O) groups excluding carboxylic acids is 10. The number of primary amides is 1. The molecule has 0 saturated carbocycles. The number of likely N-dealkylation sites (tertiary alicyclic amines) is 1. The molecule has 2 aliphatic heterocycles. The SMILES string of the molecule is CC[C@H](C)[C@@H]([C@H](CC(=O)N1CCC[C@H]1[C@H](OC)[C@@H](C)C(=O)N[C@@H](Cc1ccccc1)C(=O)O)OC)N(C)C(=O)[C@@H](NC(=O)c1cccc(NC(=O)[C@H](CCCNC(N)=O)NC(=O)[C@@H](NC(=O)CCCCCN2C(=O)C=CC2=O)C(C)C)c1)C(C)C. The summed E-state index contributed by atoms with van der Waals surface area (Å²) in [7, 11) is 4.54. The molecule has 468 valence electrons. The molecule has 4 rings (SSSR count). The van der Waals surface area contributed by atoms with Crippen molar-refractivity contribution in [3.63, 3.8) is 0 Å². The first-order valence-corrected chi connectivity index (χ1v) is 29.4. The van der Waals surface area contributed by atoms with Crippen molar-refractivity contribution in [3.8, 4) is 0 Å². The fourth-order valence-corrected chi connectivity index (χ4v) is 10.8. The second-order valence-corrected chi connectivity index (χ2v) is 22.7. The quantitative estimate of drug-likeness (QED) is 0.0361. The van der Waals surface area contributed by atoms with Gasteiger partial charge in [-0.1, -0.05) is 97.7 Å². The number of aliphatic carboxylic acids is 1. The first-order chi connectivity index (χ1) is 40.3. The number of amides is 11. The van der Waals surface area contributed by atoms with Crippen LogP contribution in [0.25, 0.3) is 0 Å². The van der Waals surface area contributed by atoms with Crippen LogP contribution in [-0.2, 0) is 59.0 Å². The number of carboxylic acid groups (broad SMARTS) is 1. The van der Waals surface area contributed by atoms with Crippen LogP contribution < -0.4 is 37.6 Å². The summed E-state index contributed by atoms with van der Waals surface area (Å²) < 4.78 is 12.0. The van der Waals surface area contributed by atoms with E-state index < -0.39 is 114 Å². The Labute approximate surface area is 498 Å². The minimum atomic E-state index is -1.19. The second-order valence-electron chi connectivity index (χ2n) is 22.7. The van der Waals surface area contributed by atoms with Gasteiger partial charge in [-0.05, 0) is 80.0 Å². The first-order valence-electron chi connectivity index (χ1n) is 29.4. The van der Waals surface area contributed by atoms with Crippen LogP contribution in [-0.4, -0.2) is 174 Å². The Bertz CT molecular complexity index is 2650. The number of benzene rings is 2. The van der Waals surface area contributed by atoms with E-state index in [4.69, 9.17) is 15.2 Å². The number of unbranched alkanes of at least 4 members (excludes halogenated alkanes) is 2. The number of methoxy groups -OCH3 is 2. The topological polar surface area (TPSA) is 334 Å². The van der Waals surface area contributed by atoms with E-state index in [-0.39, 0.29) is 80.1 Å². The molecule has 24 nitrogen and oxygen atoms in total. The number of hydrogen-bond donors (Lipinski definition) is 8. The highest BCUT2D eigenvalue weighted by atomic mass is 16.5. The van der Waals surface area contributed by atoms with Gasteiger partial charge in [0.1, 0.15) is 24.2 Å². The van der Waals surface area contributed by atoms with Crippen LogP contribution >= 0.6 is 0 Å². The molecule has 1 fully saturated rings. The minimum Gasteiger partial charge on any atom is -0.480 e. The lowest BCUT2D eigenvalue weighted by molar-refractivity contribution is -0.147. The van der Waals surface area contributed by atoms with Gasteiger partial charge in [-0.15, -0.1) is 0 Å². The number of nitrogens with two attached hydrogens (primary N) is 1. The molecule has 0 bridgehead atoms. The van der Waals surface area contributed by atoms with E-state index in [0.717, 1.165) is 10.5 Å². The Balaban J connectivity index is 1.44. The number of carboxylic acids is 1. The normalized spacial score (nSPS) is 17.2. The third-order valence-corrected chi connectivity index (χ3v) is 15.8. The molecular formula is C61H90N10O14. The summed E-state index contributed by atoms with van der Waals surface area (Å²) in [6.45, 7) is 13.3. The van der Waals surface area contributed by atoms with Crippen LogP contribution in [0.5, 0.6) is 0 Å². The number of carbonyl (C=O) groups is 11. The molecule has 85 heavy (non-hydrogen) atoms. The van der Waals surface area contributed by atoms with Crippen molar-refractivity contribution in [1.82, 2.24) is 41.3 Å². The molecule has 10 atom stereocenters. The largest absolute Gasteiger partial charge is 0.480 e. The van der Waals surface area contributed by atoms with Crippen molar-refractivity contribution in [3.05, 3.63) is 77.9 Å². The highest BCUT2D eigenvalue weighted by Crippen LogP contribution is 2.30. The van der Waals surface area contributed by atoms with Crippen LogP contribution in [0.3, 0.4) is 0 Å². The predicted octanol–water partition coefficient (Wildman–Crippen LogP) is 3.67. The predicted molar refractivity (Wildman–Crippen MR) is 317 cm³/mol. The lowest BCUT2D eigenvalue weighted by atomic mass is 9.89. The van der Waals surface area contributed by atoms with Crippen molar-refractivity contribution >= 4 is 70.9 Å². The number of ether oxygens (including phenoxy) is 2. The van der Waals surface area contributed by atoms with Crippen molar-refractivity contribution < 1.29 is 67.3 Å². The zero-order valence-electron chi connectivity index (χ0n) is 50.9. The summed E-state index contributed by atoms with van der Waals surface area (Å²) >= 11 is 0. The van der Waals surface area contributed by atoms with Gasteiger partial charge in [0, 0.05) is 77.1 Å². The molecule has 2 aliphatic rings. The van der Waals surface area contributed by atoms with Gasteiger partial charge < -0.3 is 62.0 Å². The average molecular weight is 1190 g/mol. The third-order valence-electron chi connectivity index (χ3n) is 15.8. The number of hydrogen-bond acceptors (Lipinski definition) is 13. The Hall–Kier alpha value is -7.73. The van der Waals surface area contributed by atoms with Crippen LogP contribution in [0.4, 0.5) is 10.5 Å². The van der Waals surface area contributed by atoms with Gasteiger partial charge in [0.15, 0.2) is 0 Å². The molecule has 2 heterocycles. The molecule has 24 heteroatoms. The van der Waals surface area contributed by atoms with Crippen molar-refractivity contribution in [2.24, 2.45) is 29.4 Å². The standard InChI is InChI=1S/C61H90N10O14/c1-11-38(6)53(46(84-9)35-50(75)70-32-20-26-45(70)54(85-10)39(7)55(76)66-44(60(81)82)33-40-21-14-12-15-22-40)69(8)59(80)52(37(4)5)68-56(77)41-23-18-24-42(34-41)64-57(78)43(25-19-30-63-61(62)83)65-58(79)51(36(2)3)67-47(72)27-16-13-17-31-71-48(73)28-29-49(71)74/h12,14-15,18,21-24,28-29,34,36-39,43-46,51-54H,11,13,16-17,19-20,25-27,30-33,35H2,1-10H3,(H,64,78)(H,65,79)(H,66,76)(H,67,72)(H,68,77)(H,81,82)(H3,62,63,83)/t38-,39+,43-,44-,45-,46-,51-,52-,53-,54+/m0/s1. The Morgan fingerprint density at radius 3 is 2.02 bits per heavy atom. The highest BCUT2D eigenvalue weighted by Gasteiger charge is 2.43. The average Bonchev–Trinajstić information content (AvgIpc) is 4.16. The fourth-order valence-electron chi connectivity index (χ4n) is 10.8. The molecule has 2 aromatic carbocycles. The van der Waals surface area contributed by atoms with Gasteiger partial charge in [0.2, 0.25) is 35.4 Å². The van der Waals surface area contributed by atoms with E-state index in [2.05, 4.69) is 31.9 Å². The molecule has 1 saturated heterocycles. The molecule has 0 spiro atoms. The lowest BCUT2D eigenvalue weighted by Gasteiger charge is -2.40. The molecule has 0 aliphatic carbocycles. The van der Waals surface area contributed by atoms with Gasteiger partial charge in [0.05, 0.1) is 36.6 Å². The number of rotatable bonds is 35. The Morgan fingerprint density at radius 1 is 0.765 bits per heavy atom. The number of likely N-dealkylation sites (N-methyl/N-ethyl adjacent to an activating group) is 1. The maximum absolute atomic E-state index is 14.7. The smallest absolute Gasteiger partial charge is 0.326 e. The molecule has 2 aromatic rings. The van der Waals surface area contributed by atoms with Crippen LogP contribution in [0.2, 0.25) is 0 Å². The maximum atomic E-state index is 14.7. The molecular weight excluding hydrogens is 1100 g/mol. The van der Waals surface area contributed by atoms with E-state index in [1.165, 1.54) is 49.5 Å². The summed E-state index contributed by atoms with van der Waals surface area (Å²) in [5.74, 6) is -7.40. The zero-order valence-corrected chi connectivity index (χ0v) is 50.9. The Kier molecular flexibility index (Phi) is 28.1. The van der Waals surface area contributed by atoms with Gasteiger partial charge in [-0.3, -0.25) is 48.1 Å². The van der Waals surface area contributed by atoms with Crippen molar-refractivity contribution in [1.29, 1.82) is 0 Å². The van der Waals surface area contributed by atoms with Crippen LogP contribution in [0.1, 0.15) is 129 Å². The molecule has 0 aromatic heterocycles. The van der Waals surface area contributed by atoms with E-state index in [1.54, 1.807) is 76.9 Å². The summed E-state index contributed by atoms with van der Waals surface area (Å²) in [4.78, 5) is 150. The fraction of sp³-hybridized carbons (Fsp3) is 0.590. The number of nitrogens with one attached hydrogen (secondary N) is 6. The van der Waals surface area contributed by atoms with Crippen LogP contribution in [0, 0.1) is 23.7 Å². The maximum Gasteiger partial charge on any atom is 0.326 e. The first kappa shape index (κ1) is 69.8. The van der Waals surface area contributed by atoms with Gasteiger partial charge in [-0.25, -0.2) is 9.59 Å². The Morgan fingerprint density at radius 2 is 1.42 bits per heavy atom. The number of anilines is 1. The third kappa shape index (κ3) is 20.8. The van der Waals surface area contributed by atoms with Gasteiger partial charge in [0.25, 0.3) is 17.7 Å². The zero-order chi connectivity index (χ0) is 63.1. The molecule has 0 radical (unpaired) electrons. The summed E-state index contributed by atoms with van der Waals surface area (Å²) in [6.07, 6.45) is 4.33. The number of urea groups is 1. The minimum absolute atomic E-state index is 0.0380. The van der Waals surface area contributed by atoms with Gasteiger partial charge in [-0.2, -0.15) is 0 Å². The molecule has 9 N–H and O–H groups in total. The van der Waals surface area contributed by atoms with Crippen molar-refractivity contribution in [2.75, 3.05) is 46.2 Å². The van der Waals surface area contributed by atoms with Gasteiger partial charge >= 0.3 is 12.0 Å². The summed E-state index contributed by atoms with van der Waals surface area (Å²) in [5, 5.41) is 26.3. The molecule has 11 amide bonds. The number of imide groups is 1. The van der Waals surface area contributed by atoms with E-state index in [1.807, 2.05) is 19.9 Å². The lowest BCUT2D eigenvalue weighted by Crippen LogP contribution is -2.58.